The second-order valence-electron chi connectivity index (χ2n) is 9.08. The van der Waals surface area contributed by atoms with Crippen LogP contribution in [-0.4, -0.2) is 0 Å². The maximum absolute atomic E-state index is 6.55. The van der Waals surface area contributed by atoms with Crippen molar-refractivity contribution in [2.24, 2.45) is 23.7 Å². The van der Waals surface area contributed by atoms with E-state index in [1.807, 2.05) is 6.07 Å². The van der Waals surface area contributed by atoms with Crippen molar-refractivity contribution < 1.29 is 8.83 Å². The first-order chi connectivity index (χ1) is 12.8. The Morgan fingerprint density at radius 2 is 1.62 bits per heavy atom. The van der Waals surface area contributed by atoms with Crippen molar-refractivity contribution in [2.45, 2.75) is 44.2 Å². The van der Waals surface area contributed by atoms with Crippen LogP contribution in [0.3, 0.4) is 0 Å². The number of fused-ring (bicyclic) bond motifs is 3. The smallest absolute Gasteiger partial charge is 0.177 e. The van der Waals surface area contributed by atoms with E-state index in [0.29, 0.717) is 0 Å². The van der Waals surface area contributed by atoms with Crippen molar-refractivity contribution in [1.82, 2.24) is 0 Å². The molecule has 0 amide bonds. The third kappa shape index (κ3) is 1.49. The Morgan fingerprint density at radius 3 is 2.35 bits per heavy atom. The zero-order valence-corrected chi connectivity index (χ0v) is 14.9. The number of hydrogen-bond acceptors (Lipinski definition) is 3. The minimum atomic E-state index is 0.0473. The summed E-state index contributed by atoms with van der Waals surface area (Å²) in [6, 6.07) is 13.0. The van der Waals surface area contributed by atoms with Gasteiger partial charge in [0.15, 0.2) is 11.2 Å². The Balaban J connectivity index is 1.50. The maximum atomic E-state index is 6.55. The summed E-state index contributed by atoms with van der Waals surface area (Å²) in [5.74, 6) is 4.57. The molecule has 3 aromatic rings. The van der Waals surface area contributed by atoms with Crippen LogP contribution in [0.25, 0.3) is 11.2 Å². The van der Waals surface area contributed by atoms with Crippen LogP contribution in [0.2, 0.25) is 0 Å². The molecule has 3 heterocycles. The van der Waals surface area contributed by atoms with E-state index in [9.17, 15) is 0 Å². The first kappa shape index (κ1) is 14.0. The summed E-state index contributed by atoms with van der Waals surface area (Å²) in [4.78, 5) is 2.69. The van der Waals surface area contributed by atoms with Gasteiger partial charge in [-0.05, 0) is 67.9 Å². The van der Waals surface area contributed by atoms with Gasteiger partial charge in [-0.25, -0.2) is 0 Å². The summed E-state index contributed by atoms with van der Waals surface area (Å²) >= 11 is 0. The molecule has 4 saturated carbocycles. The van der Waals surface area contributed by atoms with Gasteiger partial charge in [0, 0.05) is 11.8 Å². The lowest BCUT2D eigenvalue weighted by Crippen LogP contribution is -2.61. The minimum Gasteiger partial charge on any atom is -0.460 e. The SMILES string of the molecule is c1ccc(N2Cc3c(oc4ccoc34)C23C2CC4CC(C2)CC3C4)cc1. The fraction of sp³-hybridized carbons (Fsp3) is 0.478. The van der Waals surface area contributed by atoms with Gasteiger partial charge in [0.1, 0.15) is 11.3 Å². The molecular weight excluding hydrogens is 322 g/mol. The Bertz CT molecular complexity index is 970. The molecule has 8 rings (SSSR count). The molecule has 0 unspecified atom stereocenters. The fourth-order valence-corrected chi connectivity index (χ4v) is 7.38. The number of furan rings is 2. The highest BCUT2D eigenvalue weighted by Gasteiger charge is 2.65. The fourth-order valence-electron chi connectivity index (χ4n) is 7.38. The zero-order chi connectivity index (χ0) is 16.9. The van der Waals surface area contributed by atoms with Gasteiger partial charge in [-0.2, -0.15) is 0 Å². The topological polar surface area (TPSA) is 29.5 Å². The Kier molecular flexibility index (Phi) is 2.45. The zero-order valence-electron chi connectivity index (χ0n) is 14.9. The van der Waals surface area contributed by atoms with E-state index in [4.69, 9.17) is 8.83 Å². The Hall–Kier alpha value is -2.16. The molecule has 4 fully saturated rings. The molecule has 1 spiro atoms. The van der Waals surface area contributed by atoms with Gasteiger partial charge in [0.25, 0.3) is 0 Å². The largest absolute Gasteiger partial charge is 0.460 e. The summed E-state index contributed by atoms with van der Waals surface area (Å²) in [6.45, 7) is 0.919. The third-order valence-electron chi connectivity index (χ3n) is 7.97. The highest BCUT2D eigenvalue weighted by molar-refractivity contribution is 5.79. The van der Waals surface area contributed by atoms with Gasteiger partial charge < -0.3 is 13.7 Å². The number of para-hydroxylation sites is 1. The van der Waals surface area contributed by atoms with Crippen LogP contribution in [0, 0.1) is 23.7 Å². The molecule has 0 atom stereocenters. The highest BCUT2D eigenvalue weighted by atomic mass is 16.4. The van der Waals surface area contributed by atoms with Crippen LogP contribution in [0.1, 0.15) is 43.4 Å². The van der Waals surface area contributed by atoms with Crippen LogP contribution in [0.5, 0.6) is 0 Å². The van der Waals surface area contributed by atoms with Crippen LogP contribution < -0.4 is 4.90 Å². The molecule has 2 aromatic heterocycles. The van der Waals surface area contributed by atoms with E-state index in [2.05, 4.69) is 35.2 Å². The van der Waals surface area contributed by atoms with Crippen molar-refractivity contribution in [3.63, 3.8) is 0 Å². The molecule has 1 aliphatic heterocycles. The quantitative estimate of drug-likeness (QED) is 0.567. The maximum Gasteiger partial charge on any atom is 0.177 e. The molecule has 132 valence electrons. The van der Waals surface area contributed by atoms with Crippen molar-refractivity contribution in [1.29, 1.82) is 0 Å². The lowest BCUT2D eigenvalue weighted by atomic mass is 9.48. The lowest BCUT2D eigenvalue weighted by Gasteiger charge is -2.62. The summed E-state index contributed by atoms with van der Waals surface area (Å²) in [5.41, 5.74) is 4.61. The van der Waals surface area contributed by atoms with Crippen LogP contribution in [0.15, 0.2) is 51.5 Å². The van der Waals surface area contributed by atoms with Crippen molar-refractivity contribution in [2.75, 3.05) is 4.90 Å². The van der Waals surface area contributed by atoms with Crippen molar-refractivity contribution in [3.8, 4) is 0 Å². The third-order valence-corrected chi connectivity index (χ3v) is 7.97. The van der Waals surface area contributed by atoms with E-state index in [1.54, 1.807) is 6.26 Å². The number of benzene rings is 1. The van der Waals surface area contributed by atoms with Gasteiger partial charge in [0.05, 0.1) is 18.4 Å². The standard InChI is InChI=1S/C23H23NO2/c1-2-4-18(5-3-1)24-13-19-21-20(6-7-25-21)26-22(19)23(24)16-9-14-8-15(11-16)12-17(23)10-14/h1-7,14-17H,8-13H2. The first-order valence-electron chi connectivity index (χ1n) is 10.2. The molecule has 4 aliphatic carbocycles. The minimum absolute atomic E-state index is 0.0473. The van der Waals surface area contributed by atoms with Crippen LogP contribution in [-0.2, 0) is 12.1 Å². The molecule has 3 nitrogen and oxygen atoms in total. The number of rotatable bonds is 1. The van der Waals surface area contributed by atoms with Crippen molar-refractivity contribution >= 4 is 16.9 Å². The van der Waals surface area contributed by atoms with E-state index in [-0.39, 0.29) is 5.54 Å². The second-order valence-corrected chi connectivity index (χ2v) is 9.08. The first-order valence-corrected chi connectivity index (χ1v) is 10.2. The van der Waals surface area contributed by atoms with Gasteiger partial charge in [0.2, 0.25) is 0 Å². The normalized spacial score (nSPS) is 37.2. The number of anilines is 1. The molecule has 3 heteroatoms. The van der Waals surface area contributed by atoms with Gasteiger partial charge in [-0.15, -0.1) is 0 Å². The molecule has 0 N–H and O–H groups in total. The number of nitrogens with zero attached hydrogens (tertiary/aromatic N) is 1. The van der Waals surface area contributed by atoms with Crippen LogP contribution in [0.4, 0.5) is 5.69 Å². The average molecular weight is 345 g/mol. The monoisotopic (exact) mass is 345 g/mol. The van der Waals surface area contributed by atoms with E-state index < -0.39 is 0 Å². The lowest BCUT2D eigenvalue weighted by molar-refractivity contribution is -0.0664. The van der Waals surface area contributed by atoms with E-state index in [0.717, 1.165) is 41.4 Å². The van der Waals surface area contributed by atoms with E-state index >= 15 is 0 Å². The predicted molar refractivity (Wildman–Crippen MR) is 99.8 cm³/mol. The summed E-state index contributed by atoms with van der Waals surface area (Å²) in [6.07, 6.45) is 8.73. The molecule has 1 aromatic carbocycles. The Labute approximate surface area is 153 Å². The highest BCUT2D eigenvalue weighted by Crippen LogP contribution is 2.67. The van der Waals surface area contributed by atoms with Gasteiger partial charge in [-0.3, -0.25) is 0 Å². The Morgan fingerprint density at radius 1 is 0.885 bits per heavy atom. The summed E-state index contributed by atoms with van der Waals surface area (Å²) < 4.78 is 12.4. The number of hydrogen-bond donors (Lipinski definition) is 0. The molecule has 4 bridgehead atoms. The summed E-state index contributed by atoms with van der Waals surface area (Å²) in [7, 11) is 0. The molecule has 26 heavy (non-hydrogen) atoms. The van der Waals surface area contributed by atoms with Gasteiger partial charge >= 0.3 is 0 Å². The van der Waals surface area contributed by atoms with Gasteiger partial charge in [-0.1, -0.05) is 18.2 Å². The molecular formula is C23H23NO2. The molecule has 0 saturated heterocycles. The van der Waals surface area contributed by atoms with Crippen LogP contribution >= 0.6 is 0 Å². The second kappa shape index (κ2) is 4.57. The molecule has 0 radical (unpaired) electrons. The average Bonchev–Trinajstić information content (AvgIpc) is 3.31. The van der Waals surface area contributed by atoms with E-state index in [1.165, 1.54) is 49.1 Å². The predicted octanol–water partition coefficient (Wildman–Crippen LogP) is 5.70. The summed E-state index contributed by atoms with van der Waals surface area (Å²) in [5, 5.41) is 0. The van der Waals surface area contributed by atoms with Crippen molar-refractivity contribution in [3.05, 3.63) is 54.0 Å². The molecule has 5 aliphatic rings.